The van der Waals surface area contributed by atoms with Crippen LogP contribution in [0.4, 0.5) is 0 Å². The molecule has 3 nitrogen and oxygen atoms in total. The second-order valence-corrected chi connectivity index (χ2v) is 8.50. The largest absolute Gasteiger partial charge is 0.393 e. The number of benzene rings is 1. The van der Waals surface area contributed by atoms with E-state index < -0.39 is 21.2 Å². The van der Waals surface area contributed by atoms with Gasteiger partial charge in [-0.15, -0.1) is 0 Å². The Kier molecular flexibility index (Phi) is 4.59. The minimum atomic E-state index is -3.43. The molecule has 0 radical (unpaired) electrons. The van der Waals surface area contributed by atoms with E-state index in [4.69, 9.17) is 0 Å². The molecule has 0 unspecified atom stereocenters. The van der Waals surface area contributed by atoms with Gasteiger partial charge in [-0.1, -0.05) is 36.8 Å². The Morgan fingerprint density at radius 1 is 1.24 bits per heavy atom. The molecule has 21 heavy (non-hydrogen) atoms. The van der Waals surface area contributed by atoms with Gasteiger partial charge < -0.3 is 5.11 Å². The normalized spacial score (nSPS) is 30.1. The number of hydrogen-bond acceptors (Lipinski definition) is 3. The van der Waals surface area contributed by atoms with Gasteiger partial charge in [-0.05, 0) is 50.7 Å². The Morgan fingerprint density at radius 2 is 1.81 bits per heavy atom. The Balaban J connectivity index is 2.37. The minimum Gasteiger partial charge on any atom is -0.393 e. The number of aliphatic hydroxyl groups is 1. The van der Waals surface area contributed by atoms with Crippen molar-refractivity contribution in [2.24, 2.45) is 11.8 Å². The van der Waals surface area contributed by atoms with E-state index in [0.717, 1.165) is 11.1 Å². The molecule has 2 rings (SSSR count). The highest BCUT2D eigenvalue weighted by molar-refractivity contribution is 7.92. The predicted octanol–water partition coefficient (Wildman–Crippen LogP) is 3.12. The summed E-state index contributed by atoms with van der Waals surface area (Å²) in [7, 11) is -3.43. The Labute approximate surface area is 127 Å². The van der Waals surface area contributed by atoms with Gasteiger partial charge in [0.15, 0.2) is 9.84 Å². The van der Waals surface area contributed by atoms with Crippen LogP contribution in [0.5, 0.6) is 0 Å². The van der Waals surface area contributed by atoms with Crippen LogP contribution in [0.2, 0.25) is 0 Å². The smallest absolute Gasteiger partial charge is 0.181 e. The van der Waals surface area contributed by atoms with Crippen molar-refractivity contribution in [3.8, 4) is 0 Å². The lowest BCUT2D eigenvalue weighted by molar-refractivity contribution is 0.0635. The maximum Gasteiger partial charge on any atom is 0.181 e. The van der Waals surface area contributed by atoms with Gasteiger partial charge in [-0.25, -0.2) is 8.42 Å². The molecule has 0 saturated heterocycles. The molecule has 0 aliphatic heterocycles. The Morgan fingerprint density at radius 3 is 2.33 bits per heavy atom. The Hall–Kier alpha value is -1.13. The lowest BCUT2D eigenvalue weighted by Crippen LogP contribution is -2.43. The van der Waals surface area contributed by atoms with Gasteiger partial charge in [-0.3, -0.25) is 0 Å². The van der Waals surface area contributed by atoms with Crippen LogP contribution in [-0.4, -0.2) is 24.9 Å². The van der Waals surface area contributed by atoms with Crippen molar-refractivity contribution in [3.63, 3.8) is 0 Å². The maximum atomic E-state index is 12.9. The molecule has 0 amide bonds. The summed E-state index contributed by atoms with van der Waals surface area (Å²) >= 11 is 0. The topological polar surface area (TPSA) is 54.4 Å². The standard InChI is InChI=1S/C17H24O3S/c1-11(2)14-9-16(18)13(4)17(10-14)21(19,20)15-7-5-12(3)6-8-15/h5-8,13-14,16-18H,1,9-10H2,2-4H3/t13-,14-,16-,17+/m1/s1. The van der Waals surface area contributed by atoms with Crippen LogP contribution in [0.1, 0.15) is 32.3 Å². The summed E-state index contributed by atoms with van der Waals surface area (Å²) in [5.41, 5.74) is 1.98. The molecular weight excluding hydrogens is 284 g/mol. The molecule has 1 saturated carbocycles. The molecule has 1 aliphatic carbocycles. The van der Waals surface area contributed by atoms with Crippen LogP contribution in [-0.2, 0) is 9.84 Å². The van der Waals surface area contributed by atoms with Crippen LogP contribution in [0.3, 0.4) is 0 Å². The van der Waals surface area contributed by atoms with Crippen molar-refractivity contribution < 1.29 is 13.5 Å². The summed E-state index contributed by atoms with van der Waals surface area (Å²) in [4.78, 5) is 0.347. The lowest BCUT2D eigenvalue weighted by Gasteiger charge is -2.37. The highest BCUT2D eigenvalue weighted by atomic mass is 32.2. The molecule has 1 aliphatic rings. The number of hydrogen-bond donors (Lipinski definition) is 1. The molecule has 1 N–H and O–H groups in total. The molecule has 116 valence electrons. The summed E-state index contributed by atoms with van der Waals surface area (Å²) < 4.78 is 25.8. The van der Waals surface area contributed by atoms with Crippen molar-refractivity contribution in [2.75, 3.05) is 0 Å². The third-order valence-electron chi connectivity index (χ3n) is 4.68. The number of rotatable bonds is 3. The van der Waals surface area contributed by atoms with Crippen molar-refractivity contribution in [1.82, 2.24) is 0 Å². The second-order valence-electron chi connectivity index (χ2n) is 6.34. The molecular formula is C17H24O3S. The monoisotopic (exact) mass is 308 g/mol. The summed E-state index contributed by atoms with van der Waals surface area (Å²) in [5, 5.41) is 9.67. The van der Waals surface area contributed by atoms with E-state index >= 15 is 0 Å². The molecule has 0 heterocycles. The van der Waals surface area contributed by atoms with E-state index in [0.29, 0.717) is 17.7 Å². The third kappa shape index (κ3) is 3.22. The van der Waals surface area contributed by atoms with Crippen molar-refractivity contribution in [1.29, 1.82) is 0 Å². The fraction of sp³-hybridized carbons (Fsp3) is 0.529. The van der Waals surface area contributed by atoms with Crippen LogP contribution in [0.15, 0.2) is 41.3 Å². The highest BCUT2D eigenvalue weighted by Gasteiger charge is 2.42. The van der Waals surface area contributed by atoms with E-state index in [1.54, 1.807) is 12.1 Å². The van der Waals surface area contributed by atoms with Crippen LogP contribution < -0.4 is 0 Å². The van der Waals surface area contributed by atoms with Crippen molar-refractivity contribution in [2.45, 2.75) is 49.9 Å². The molecule has 1 fully saturated rings. The average molecular weight is 308 g/mol. The summed E-state index contributed by atoms with van der Waals surface area (Å²) in [5.74, 6) is -0.187. The van der Waals surface area contributed by atoms with E-state index in [1.165, 1.54) is 0 Å². The van der Waals surface area contributed by atoms with Gasteiger partial charge in [-0.2, -0.15) is 0 Å². The summed E-state index contributed by atoms with van der Waals surface area (Å²) in [6.45, 7) is 9.60. The minimum absolute atomic E-state index is 0.0708. The molecule has 4 heteroatoms. The third-order valence-corrected chi connectivity index (χ3v) is 7.03. The first-order chi connectivity index (χ1) is 9.73. The first kappa shape index (κ1) is 16.2. The molecule has 1 aromatic carbocycles. The van der Waals surface area contributed by atoms with Gasteiger partial charge in [0, 0.05) is 0 Å². The molecule has 1 aromatic rings. The SMILES string of the molecule is C=C(C)[C@@H]1C[C@@H](O)[C@@H](C)[C@@H](S(=O)(=O)c2ccc(C)cc2)C1. The quantitative estimate of drug-likeness (QED) is 0.873. The fourth-order valence-electron chi connectivity index (χ4n) is 3.06. The molecule has 4 atom stereocenters. The average Bonchev–Trinajstić information content (AvgIpc) is 2.41. The maximum absolute atomic E-state index is 12.9. The van der Waals surface area contributed by atoms with E-state index in [-0.39, 0.29) is 11.8 Å². The first-order valence-electron chi connectivity index (χ1n) is 7.37. The van der Waals surface area contributed by atoms with Gasteiger partial charge in [0.1, 0.15) is 0 Å². The number of sulfone groups is 1. The number of aryl methyl sites for hydroxylation is 1. The molecule has 0 spiro atoms. The van der Waals surface area contributed by atoms with Gasteiger partial charge in [0.05, 0.1) is 16.2 Å². The lowest BCUT2D eigenvalue weighted by atomic mass is 9.78. The predicted molar refractivity (Wildman–Crippen MR) is 84.9 cm³/mol. The zero-order valence-corrected chi connectivity index (χ0v) is 13.7. The second kappa shape index (κ2) is 5.93. The van der Waals surface area contributed by atoms with Gasteiger partial charge in [0.25, 0.3) is 0 Å². The van der Waals surface area contributed by atoms with Crippen molar-refractivity contribution in [3.05, 3.63) is 42.0 Å². The van der Waals surface area contributed by atoms with E-state index in [9.17, 15) is 13.5 Å². The highest BCUT2D eigenvalue weighted by Crippen LogP contribution is 2.38. The first-order valence-corrected chi connectivity index (χ1v) is 8.92. The fourth-order valence-corrected chi connectivity index (χ4v) is 5.16. The zero-order chi connectivity index (χ0) is 15.8. The van der Waals surface area contributed by atoms with E-state index in [2.05, 4.69) is 6.58 Å². The summed E-state index contributed by atoms with van der Waals surface area (Å²) in [6.07, 6.45) is 0.561. The number of aliphatic hydroxyl groups excluding tert-OH is 1. The number of allylic oxidation sites excluding steroid dienone is 1. The van der Waals surface area contributed by atoms with Crippen LogP contribution >= 0.6 is 0 Å². The van der Waals surface area contributed by atoms with E-state index in [1.807, 2.05) is 32.9 Å². The van der Waals surface area contributed by atoms with Crippen LogP contribution in [0, 0.1) is 18.8 Å². The van der Waals surface area contributed by atoms with Gasteiger partial charge >= 0.3 is 0 Å². The molecule has 0 aromatic heterocycles. The van der Waals surface area contributed by atoms with Crippen molar-refractivity contribution >= 4 is 9.84 Å². The zero-order valence-electron chi connectivity index (χ0n) is 12.9. The summed E-state index contributed by atoms with van der Waals surface area (Å²) in [6, 6.07) is 6.95. The molecule has 0 bridgehead atoms. The Bertz CT molecular complexity index is 616. The van der Waals surface area contributed by atoms with Crippen LogP contribution in [0.25, 0.3) is 0 Å². The van der Waals surface area contributed by atoms with Gasteiger partial charge in [0.2, 0.25) is 0 Å².